The number of hydrogen-bond acceptors (Lipinski definition) is 8. The van der Waals surface area contributed by atoms with Gasteiger partial charge in [0.2, 0.25) is 0 Å². The van der Waals surface area contributed by atoms with Gasteiger partial charge in [-0.05, 0) is 36.7 Å². The molecule has 0 radical (unpaired) electrons. The van der Waals surface area contributed by atoms with Gasteiger partial charge in [0.15, 0.2) is 11.5 Å². The van der Waals surface area contributed by atoms with Gasteiger partial charge in [0.25, 0.3) is 5.56 Å². The number of aliphatic carboxylic acids is 2. The zero-order chi connectivity index (χ0) is 24.4. The van der Waals surface area contributed by atoms with E-state index in [2.05, 4.69) is 15.3 Å². The summed E-state index contributed by atoms with van der Waals surface area (Å²) in [5, 5.41) is 18.6. The van der Waals surface area contributed by atoms with Crippen LogP contribution >= 0.6 is 0 Å². The number of carboxylic acids is 2. The lowest BCUT2D eigenvalue weighted by atomic mass is 10.1. The number of methoxy groups -OCH3 is 3. The first kappa shape index (κ1) is 25.1. The van der Waals surface area contributed by atoms with Gasteiger partial charge in [-0.25, -0.2) is 14.6 Å². The Morgan fingerprint density at radius 2 is 1.58 bits per heavy atom. The van der Waals surface area contributed by atoms with E-state index in [4.69, 9.17) is 34.0 Å². The van der Waals surface area contributed by atoms with E-state index >= 15 is 0 Å². The van der Waals surface area contributed by atoms with Crippen LogP contribution in [0.3, 0.4) is 0 Å². The second-order valence-corrected chi connectivity index (χ2v) is 6.62. The van der Waals surface area contributed by atoms with Gasteiger partial charge in [0.05, 0.1) is 38.8 Å². The lowest BCUT2D eigenvalue weighted by molar-refractivity contribution is -0.159. The van der Waals surface area contributed by atoms with Crippen LogP contribution in [-0.4, -0.2) is 60.0 Å². The molecule has 0 amide bonds. The molecule has 0 bridgehead atoms. The summed E-state index contributed by atoms with van der Waals surface area (Å²) in [7, 11) is 4.74. The Morgan fingerprint density at radius 1 is 0.970 bits per heavy atom. The maximum absolute atomic E-state index is 12.4. The number of benzene rings is 2. The molecule has 0 unspecified atom stereocenters. The number of carbonyl (C=O) groups is 2. The van der Waals surface area contributed by atoms with E-state index < -0.39 is 11.9 Å². The molecule has 4 N–H and O–H groups in total. The highest BCUT2D eigenvalue weighted by molar-refractivity contribution is 6.27. The molecule has 11 heteroatoms. The van der Waals surface area contributed by atoms with E-state index in [0.29, 0.717) is 34.8 Å². The monoisotopic (exact) mass is 459 g/mol. The van der Waals surface area contributed by atoms with Crippen LogP contribution in [0.4, 0.5) is 0 Å². The summed E-state index contributed by atoms with van der Waals surface area (Å²) >= 11 is 0. The van der Waals surface area contributed by atoms with Crippen LogP contribution in [-0.2, 0) is 22.6 Å². The van der Waals surface area contributed by atoms with Gasteiger partial charge < -0.3 is 34.7 Å². The van der Waals surface area contributed by atoms with Crippen molar-refractivity contribution in [2.45, 2.75) is 13.0 Å². The summed E-state index contributed by atoms with van der Waals surface area (Å²) in [5.41, 5.74) is 1.58. The third kappa shape index (κ3) is 7.21. The summed E-state index contributed by atoms with van der Waals surface area (Å²) in [4.78, 5) is 37.9. The maximum atomic E-state index is 12.4. The number of carboxylic acid groups (broad SMARTS) is 2. The molecule has 33 heavy (non-hydrogen) atoms. The van der Waals surface area contributed by atoms with E-state index in [1.165, 1.54) is 12.7 Å². The highest BCUT2D eigenvalue weighted by Crippen LogP contribution is 2.29. The second-order valence-electron chi connectivity index (χ2n) is 6.62. The van der Waals surface area contributed by atoms with Crippen LogP contribution in [0, 0.1) is 0 Å². The van der Waals surface area contributed by atoms with Crippen molar-refractivity contribution in [3.63, 3.8) is 0 Å². The average Bonchev–Trinajstić information content (AvgIpc) is 2.81. The number of ether oxygens (including phenoxy) is 3. The Labute approximate surface area is 188 Å². The Hall–Kier alpha value is -4.12. The van der Waals surface area contributed by atoms with E-state index in [0.717, 1.165) is 18.7 Å². The van der Waals surface area contributed by atoms with Crippen molar-refractivity contribution in [1.82, 2.24) is 15.3 Å². The Balaban J connectivity index is 0.000000569. The molecule has 1 heterocycles. The summed E-state index contributed by atoms with van der Waals surface area (Å²) in [6.45, 7) is 1.23. The molecule has 3 aromatic rings. The molecule has 11 nitrogen and oxygen atoms in total. The Morgan fingerprint density at radius 3 is 2.12 bits per heavy atom. The van der Waals surface area contributed by atoms with Gasteiger partial charge in [-0.3, -0.25) is 4.79 Å². The molecule has 3 rings (SSSR count). The standard InChI is InChI=1S/C20H23N3O4.C2H2O4/c1-25-14-6-4-13(5-7-14)8-9-21-12-19-22-16-11-18(27-3)17(26-2)10-15(16)20(24)23-19;3-1(4)2(5)6/h4-7,10-11,21H,8-9,12H2,1-3H3,(H,22,23,24);(H,3,4)(H,5,6). The Kier molecular flexibility index (Phi) is 9.18. The van der Waals surface area contributed by atoms with Crippen LogP contribution in [0.15, 0.2) is 41.2 Å². The largest absolute Gasteiger partial charge is 0.497 e. The van der Waals surface area contributed by atoms with Crippen molar-refractivity contribution >= 4 is 22.8 Å². The molecule has 176 valence electrons. The summed E-state index contributed by atoms with van der Waals surface area (Å²) < 4.78 is 15.7. The first-order valence-corrected chi connectivity index (χ1v) is 9.73. The van der Waals surface area contributed by atoms with E-state index in [1.807, 2.05) is 24.3 Å². The fourth-order valence-corrected chi connectivity index (χ4v) is 2.83. The SMILES string of the molecule is COc1ccc(CCNCc2nc3cc(OC)c(OC)cc3c(=O)[nH]2)cc1.O=C(O)C(=O)O. The number of H-pyrrole nitrogens is 1. The number of fused-ring (bicyclic) bond motifs is 1. The van der Waals surface area contributed by atoms with Gasteiger partial charge in [-0.15, -0.1) is 0 Å². The van der Waals surface area contributed by atoms with Gasteiger partial charge in [0.1, 0.15) is 11.6 Å². The second kappa shape index (κ2) is 12.1. The quantitative estimate of drug-likeness (QED) is 0.287. The van der Waals surface area contributed by atoms with Crippen molar-refractivity contribution in [2.24, 2.45) is 0 Å². The van der Waals surface area contributed by atoms with Crippen molar-refractivity contribution in [1.29, 1.82) is 0 Å². The van der Waals surface area contributed by atoms with Crippen LogP contribution < -0.4 is 25.1 Å². The molecule has 1 aromatic heterocycles. The molecule has 0 fully saturated rings. The number of hydrogen-bond donors (Lipinski definition) is 4. The maximum Gasteiger partial charge on any atom is 0.414 e. The molecule has 0 aliphatic rings. The van der Waals surface area contributed by atoms with E-state index in [1.54, 1.807) is 26.4 Å². The molecule has 0 aliphatic carbocycles. The van der Waals surface area contributed by atoms with Crippen LogP contribution in [0.25, 0.3) is 10.9 Å². The Bertz CT molecular complexity index is 1150. The predicted molar refractivity (Wildman–Crippen MR) is 119 cm³/mol. The van der Waals surface area contributed by atoms with Gasteiger partial charge in [-0.1, -0.05) is 12.1 Å². The van der Waals surface area contributed by atoms with Crippen molar-refractivity contribution in [3.8, 4) is 17.2 Å². The minimum Gasteiger partial charge on any atom is -0.497 e. The highest BCUT2D eigenvalue weighted by Gasteiger charge is 2.11. The third-order valence-electron chi connectivity index (χ3n) is 4.48. The third-order valence-corrected chi connectivity index (χ3v) is 4.48. The first-order valence-electron chi connectivity index (χ1n) is 9.73. The molecule has 2 aromatic carbocycles. The molecule has 0 atom stereocenters. The number of rotatable bonds is 8. The fourth-order valence-electron chi connectivity index (χ4n) is 2.83. The molecule has 0 aliphatic heterocycles. The van der Waals surface area contributed by atoms with Crippen molar-refractivity contribution in [3.05, 3.63) is 58.1 Å². The summed E-state index contributed by atoms with van der Waals surface area (Å²) in [6, 6.07) is 11.3. The minimum atomic E-state index is -1.82. The summed E-state index contributed by atoms with van der Waals surface area (Å²) in [5.74, 6) is -1.18. The number of nitrogens with one attached hydrogen (secondary N) is 2. The first-order chi connectivity index (χ1) is 15.8. The molecular formula is C22H25N3O8. The molecule has 0 spiro atoms. The smallest absolute Gasteiger partial charge is 0.414 e. The minimum absolute atomic E-state index is 0.201. The normalized spacial score (nSPS) is 10.2. The van der Waals surface area contributed by atoms with Crippen LogP contribution in [0.2, 0.25) is 0 Å². The van der Waals surface area contributed by atoms with E-state index in [-0.39, 0.29) is 5.56 Å². The highest BCUT2D eigenvalue weighted by atomic mass is 16.5. The average molecular weight is 459 g/mol. The number of nitrogens with zero attached hydrogens (tertiary/aromatic N) is 1. The van der Waals surface area contributed by atoms with Crippen LogP contribution in [0.5, 0.6) is 17.2 Å². The zero-order valence-electron chi connectivity index (χ0n) is 18.4. The lowest BCUT2D eigenvalue weighted by Gasteiger charge is -2.10. The molecular weight excluding hydrogens is 434 g/mol. The van der Waals surface area contributed by atoms with Crippen molar-refractivity contribution < 1.29 is 34.0 Å². The molecule has 0 saturated carbocycles. The summed E-state index contributed by atoms with van der Waals surface area (Å²) in [6.07, 6.45) is 0.868. The zero-order valence-corrected chi connectivity index (χ0v) is 18.4. The van der Waals surface area contributed by atoms with Crippen LogP contribution in [0.1, 0.15) is 11.4 Å². The predicted octanol–water partition coefficient (Wildman–Crippen LogP) is 1.44. The molecule has 0 saturated heterocycles. The van der Waals surface area contributed by atoms with Gasteiger partial charge >= 0.3 is 11.9 Å². The number of aromatic nitrogens is 2. The fraction of sp³-hybridized carbons (Fsp3) is 0.273. The van der Waals surface area contributed by atoms with Gasteiger partial charge in [0, 0.05) is 6.07 Å². The van der Waals surface area contributed by atoms with Crippen molar-refractivity contribution in [2.75, 3.05) is 27.9 Å². The van der Waals surface area contributed by atoms with E-state index in [9.17, 15) is 4.79 Å². The topological polar surface area (TPSA) is 160 Å². The number of aromatic amines is 1. The lowest BCUT2D eigenvalue weighted by Crippen LogP contribution is -2.21. The van der Waals surface area contributed by atoms with Gasteiger partial charge in [-0.2, -0.15) is 0 Å².